The highest BCUT2D eigenvalue weighted by Gasteiger charge is 2.72. The van der Waals surface area contributed by atoms with Crippen molar-refractivity contribution in [2.24, 2.45) is 0 Å². The van der Waals surface area contributed by atoms with Gasteiger partial charge in [0.2, 0.25) is 0 Å². The fraction of sp³-hybridized carbons (Fsp3) is 1.00. The summed E-state index contributed by atoms with van der Waals surface area (Å²) in [6.07, 6.45) is -6.27. The Labute approximate surface area is 71.4 Å². The fourth-order valence-electron chi connectivity index (χ4n) is 0.479. The van der Waals surface area contributed by atoms with Crippen molar-refractivity contribution in [3.8, 4) is 0 Å². The van der Waals surface area contributed by atoms with Crippen LogP contribution in [-0.4, -0.2) is 35.1 Å². The van der Waals surface area contributed by atoms with Crippen molar-refractivity contribution in [3.05, 3.63) is 0 Å². The second kappa shape index (κ2) is 3.44. The first-order valence-electron chi connectivity index (χ1n) is 2.87. The van der Waals surface area contributed by atoms with E-state index in [4.69, 9.17) is 0 Å². The lowest BCUT2D eigenvalue weighted by Gasteiger charge is -2.27. The highest BCUT2D eigenvalue weighted by molar-refractivity contribution is 5.97. The molecule has 13 heavy (non-hydrogen) atoms. The van der Waals surface area contributed by atoms with Crippen LogP contribution in [0.1, 0.15) is 0 Å². The highest BCUT2D eigenvalue weighted by atomic mass is 28.2. The van der Waals surface area contributed by atoms with Crippen LogP contribution in [0.4, 0.5) is 30.7 Å². The molecule has 0 unspecified atom stereocenters. The zero-order chi connectivity index (χ0) is 10.9. The molecule has 0 heterocycles. The summed E-state index contributed by atoms with van der Waals surface area (Å²) in [6, 6.07) is 0. The van der Waals surface area contributed by atoms with E-state index in [1.165, 1.54) is 0 Å². The molecule has 0 aromatic carbocycles. The Morgan fingerprint density at radius 2 is 1.31 bits per heavy atom. The first-order valence-corrected chi connectivity index (χ1v) is 3.69. The third kappa shape index (κ3) is 2.33. The van der Waals surface area contributed by atoms with E-state index in [1.54, 1.807) is 0 Å². The molecule has 0 N–H and O–H groups in total. The minimum atomic E-state index is -6.27. The monoisotopic (exact) mass is 230 g/mol. The van der Waals surface area contributed by atoms with Gasteiger partial charge in [0.15, 0.2) is 0 Å². The van der Waals surface area contributed by atoms with Crippen molar-refractivity contribution in [3.63, 3.8) is 0 Å². The molecule has 0 rings (SSSR count). The minimum absolute atomic E-state index is 0.340. The third-order valence-electron chi connectivity index (χ3n) is 1.14. The fourth-order valence-corrected chi connectivity index (χ4v) is 0.842. The van der Waals surface area contributed by atoms with Crippen LogP contribution in [0.25, 0.3) is 0 Å². The average Bonchev–Trinajstić information content (AvgIpc) is 1.84. The molecule has 0 spiro atoms. The lowest BCUT2D eigenvalue weighted by molar-refractivity contribution is -0.358. The molecule has 1 nitrogen and oxygen atoms in total. The number of alkyl halides is 7. The molecule has 0 aliphatic carbocycles. The van der Waals surface area contributed by atoms with Gasteiger partial charge in [-0.2, -0.15) is 30.7 Å². The second-order valence-electron chi connectivity index (χ2n) is 2.21. The number of rotatable bonds is 3. The van der Waals surface area contributed by atoms with Crippen molar-refractivity contribution in [1.29, 1.82) is 0 Å². The Balaban J connectivity index is 4.81. The zero-order valence-corrected chi connectivity index (χ0v) is 8.26. The molecule has 0 aliphatic rings. The van der Waals surface area contributed by atoms with Gasteiger partial charge < -0.3 is 4.43 Å². The molecule has 9 heteroatoms. The van der Waals surface area contributed by atoms with Gasteiger partial charge >= 0.3 is 18.0 Å². The Morgan fingerprint density at radius 1 is 0.923 bits per heavy atom. The Morgan fingerprint density at radius 3 is 1.54 bits per heavy atom. The summed E-state index contributed by atoms with van der Waals surface area (Å²) < 4.78 is 86.0. The van der Waals surface area contributed by atoms with Gasteiger partial charge in [0.25, 0.3) is 0 Å². The molecule has 0 fully saturated rings. The molecule has 0 aliphatic heterocycles. The summed E-state index contributed by atoms with van der Waals surface area (Å²) in [4.78, 5) is 0. The Hall–Kier alpha value is -0.313. The van der Waals surface area contributed by atoms with Crippen LogP contribution in [0.15, 0.2) is 0 Å². The molecule has 0 amide bonds. The zero-order valence-electron chi connectivity index (χ0n) is 6.26. The number of hydrogen-bond donors (Lipinski definition) is 0. The Bertz CT molecular complexity index is 176. The Kier molecular flexibility index (Phi) is 3.36. The van der Waals surface area contributed by atoms with Crippen molar-refractivity contribution in [1.82, 2.24) is 0 Å². The van der Waals surface area contributed by atoms with E-state index in [2.05, 4.69) is 4.43 Å². The molecular weight excluding hydrogens is 225 g/mol. The van der Waals surface area contributed by atoms with Crippen LogP contribution in [0.5, 0.6) is 0 Å². The van der Waals surface area contributed by atoms with Gasteiger partial charge in [-0.25, -0.2) is 0 Å². The highest BCUT2D eigenvalue weighted by Crippen LogP contribution is 2.46. The molecular formula is C4H5F7OSi. The van der Waals surface area contributed by atoms with E-state index in [-0.39, 0.29) is 10.5 Å². The van der Waals surface area contributed by atoms with Crippen LogP contribution in [0.2, 0.25) is 0 Å². The maximum absolute atomic E-state index is 12.1. The van der Waals surface area contributed by atoms with Gasteiger partial charge in [0.05, 0.1) is 0 Å². The summed E-state index contributed by atoms with van der Waals surface area (Å²) in [5, 5.41) is 0. The van der Waals surface area contributed by atoms with E-state index in [0.29, 0.717) is 0 Å². The van der Waals surface area contributed by atoms with Crippen LogP contribution in [0, 0.1) is 0 Å². The molecule has 0 aromatic heterocycles. The third-order valence-corrected chi connectivity index (χ3v) is 1.43. The predicted octanol–water partition coefficient (Wildman–Crippen LogP) is 1.12. The number of hydrogen-bond acceptors (Lipinski definition) is 1. The normalized spacial score (nSPS) is 15.0. The van der Waals surface area contributed by atoms with Crippen LogP contribution >= 0.6 is 0 Å². The van der Waals surface area contributed by atoms with Crippen molar-refractivity contribution < 1.29 is 35.2 Å². The van der Waals surface area contributed by atoms with Crippen molar-refractivity contribution >= 4 is 10.5 Å². The van der Waals surface area contributed by atoms with Crippen molar-refractivity contribution in [2.45, 2.75) is 18.0 Å². The van der Waals surface area contributed by atoms with Crippen LogP contribution in [0.3, 0.4) is 0 Å². The number of halogens is 7. The van der Waals surface area contributed by atoms with Crippen molar-refractivity contribution in [2.75, 3.05) is 6.61 Å². The molecule has 0 radical (unpaired) electrons. The summed E-state index contributed by atoms with van der Waals surface area (Å²) in [5.41, 5.74) is 0. The maximum atomic E-state index is 12.1. The van der Waals surface area contributed by atoms with Crippen LogP contribution in [-0.2, 0) is 4.43 Å². The van der Waals surface area contributed by atoms with Gasteiger partial charge in [0.1, 0.15) is 17.1 Å². The topological polar surface area (TPSA) is 9.23 Å². The SMILES string of the molecule is FC(F)(F)C(F)(F)C(F)(F)CO[SiH3]. The molecule has 0 saturated carbocycles. The lowest BCUT2D eigenvalue weighted by atomic mass is 10.2. The summed E-state index contributed by atoms with van der Waals surface area (Å²) in [5.74, 6) is -11.3. The summed E-state index contributed by atoms with van der Waals surface area (Å²) in [6.45, 7) is -1.92. The van der Waals surface area contributed by atoms with E-state index in [1.807, 2.05) is 0 Å². The smallest absolute Gasteiger partial charge is 0.422 e. The molecule has 0 atom stereocenters. The van der Waals surface area contributed by atoms with E-state index < -0.39 is 24.6 Å². The maximum Gasteiger partial charge on any atom is 0.459 e. The van der Waals surface area contributed by atoms with E-state index in [9.17, 15) is 30.7 Å². The molecule has 0 saturated heterocycles. The summed E-state index contributed by atoms with van der Waals surface area (Å²) in [7, 11) is -0.340. The van der Waals surface area contributed by atoms with Gasteiger partial charge in [-0.15, -0.1) is 0 Å². The van der Waals surface area contributed by atoms with E-state index in [0.717, 1.165) is 0 Å². The largest absolute Gasteiger partial charge is 0.459 e. The molecule has 0 bridgehead atoms. The van der Waals surface area contributed by atoms with Gasteiger partial charge in [-0.05, 0) is 0 Å². The van der Waals surface area contributed by atoms with Gasteiger partial charge in [-0.3, -0.25) is 0 Å². The minimum Gasteiger partial charge on any atom is -0.422 e. The quantitative estimate of drug-likeness (QED) is 0.521. The van der Waals surface area contributed by atoms with Gasteiger partial charge in [0, 0.05) is 0 Å². The predicted molar refractivity (Wildman–Crippen MR) is 31.8 cm³/mol. The standard InChI is InChI=1S/C4H5F7OSi/c5-2(6,1-12-13)3(7,8)4(9,10)11/h1H2,13H3. The second-order valence-corrected chi connectivity index (χ2v) is 2.79. The summed E-state index contributed by atoms with van der Waals surface area (Å²) >= 11 is 0. The van der Waals surface area contributed by atoms with Gasteiger partial charge in [-0.1, -0.05) is 0 Å². The molecule has 80 valence electrons. The van der Waals surface area contributed by atoms with Crippen LogP contribution < -0.4 is 0 Å². The first kappa shape index (κ1) is 12.7. The van der Waals surface area contributed by atoms with E-state index >= 15 is 0 Å². The molecule has 0 aromatic rings. The lowest BCUT2D eigenvalue weighted by Crippen LogP contribution is -2.54. The average molecular weight is 230 g/mol. The first-order chi connectivity index (χ1) is 5.56.